The van der Waals surface area contributed by atoms with Crippen LogP contribution in [0.4, 0.5) is 5.69 Å². The second kappa shape index (κ2) is 9.30. The van der Waals surface area contributed by atoms with Gasteiger partial charge < -0.3 is 9.15 Å². The first-order valence-electron chi connectivity index (χ1n) is 10.2. The van der Waals surface area contributed by atoms with E-state index in [1.54, 1.807) is 35.1 Å². The Bertz CT molecular complexity index is 1010. The predicted octanol–water partition coefficient (Wildman–Crippen LogP) is 5.25. The number of carbonyl (C=O) groups excluding carboxylic acids is 1. The van der Waals surface area contributed by atoms with Gasteiger partial charge in [-0.05, 0) is 24.6 Å². The van der Waals surface area contributed by atoms with Crippen molar-refractivity contribution in [3.63, 3.8) is 0 Å². The molecule has 0 radical (unpaired) electrons. The third-order valence-electron chi connectivity index (χ3n) is 4.87. The zero-order chi connectivity index (χ0) is 20.9. The van der Waals surface area contributed by atoms with E-state index in [2.05, 4.69) is 22.1 Å². The monoisotopic (exact) mass is 424 g/mol. The number of carbonyl (C=O) groups is 1. The lowest BCUT2D eigenvalue weighted by molar-refractivity contribution is -0.118. The van der Waals surface area contributed by atoms with Gasteiger partial charge >= 0.3 is 0 Å². The number of anilines is 1. The standard InChI is InChI=1S/C22H24N4O3S/c1-3-4-5-8-14-30-22-23-20-19(24-25-22)16-10-6-7-11-17(16)26(15(2)27)21(29-20)18-12-9-13-28-18/h6-7,9-13,21H,3-5,8,14H2,1-2H3. The number of benzene rings is 1. The van der Waals surface area contributed by atoms with E-state index in [1.165, 1.54) is 26.2 Å². The summed E-state index contributed by atoms with van der Waals surface area (Å²) in [7, 11) is 0. The Labute approximate surface area is 179 Å². The maximum Gasteiger partial charge on any atom is 0.247 e. The average molecular weight is 425 g/mol. The van der Waals surface area contributed by atoms with Gasteiger partial charge in [0.25, 0.3) is 0 Å². The molecular weight excluding hydrogens is 400 g/mol. The Morgan fingerprint density at radius 1 is 1.13 bits per heavy atom. The Balaban J connectivity index is 1.71. The summed E-state index contributed by atoms with van der Waals surface area (Å²) in [5.41, 5.74) is 1.94. The van der Waals surface area contributed by atoms with Crippen LogP contribution in [0.15, 0.2) is 52.2 Å². The molecule has 0 saturated carbocycles. The molecule has 1 atom stereocenters. The Morgan fingerprint density at radius 3 is 2.77 bits per heavy atom. The number of fused-ring (bicyclic) bond motifs is 3. The number of hydrogen-bond donors (Lipinski definition) is 0. The number of hydrogen-bond acceptors (Lipinski definition) is 7. The number of unbranched alkanes of at least 4 members (excludes halogenated alkanes) is 3. The van der Waals surface area contributed by atoms with E-state index in [-0.39, 0.29) is 5.91 Å². The molecule has 1 aliphatic heterocycles. The first-order chi connectivity index (χ1) is 14.7. The lowest BCUT2D eigenvalue weighted by atomic mass is 10.1. The minimum absolute atomic E-state index is 0.171. The molecule has 0 bridgehead atoms. The molecule has 4 rings (SSSR count). The van der Waals surface area contributed by atoms with Crippen molar-refractivity contribution in [3.05, 3.63) is 48.4 Å². The van der Waals surface area contributed by atoms with E-state index in [0.29, 0.717) is 28.2 Å². The van der Waals surface area contributed by atoms with Gasteiger partial charge in [-0.25, -0.2) is 0 Å². The average Bonchev–Trinajstić information content (AvgIpc) is 3.24. The zero-order valence-electron chi connectivity index (χ0n) is 17.1. The molecule has 3 heterocycles. The van der Waals surface area contributed by atoms with Crippen molar-refractivity contribution in [1.29, 1.82) is 0 Å². The van der Waals surface area contributed by atoms with Crippen LogP contribution in [0.3, 0.4) is 0 Å². The van der Waals surface area contributed by atoms with Crippen molar-refractivity contribution in [1.82, 2.24) is 15.2 Å². The molecule has 8 heteroatoms. The lowest BCUT2D eigenvalue weighted by Gasteiger charge is -2.28. The summed E-state index contributed by atoms with van der Waals surface area (Å²) >= 11 is 1.57. The largest absolute Gasteiger partial charge is 0.463 e. The van der Waals surface area contributed by atoms with E-state index in [4.69, 9.17) is 9.15 Å². The van der Waals surface area contributed by atoms with Crippen LogP contribution >= 0.6 is 11.8 Å². The van der Waals surface area contributed by atoms with Crippen molar-refractivity contribution in [2.75, 3.05) is 10.7 Å². The molecule has 0 aliphatic carbocycles. The molecule has 0 N–H and O–H groups in total. The Kier molecular flexibility index (Phi) is 6.32. The minimum atomic E-state index is -0.779. The van der Waals surface area contributed by atoms with Gasteiger partial charge in [-0.15, -0.1) is 10.2 Å². The van der Waals surface area contributed by atoms with E-state index in [1.807, 2.05) is 24.3 Å². The Morgan fingerprint density at radius 2 is 2.00 bits per heavy atom. The van der Waals surface area contributed by atoms with Crippen molar-refractivity contribution in [3.8, 4) is 17.1 Å². The molecule has 0 saturated heterocycles. The predicted molar refractivity (Wildman–Crippen MR) is 115 cm³/mol. The van der Waals surface area contributed by atoms with Crippen LogP contribution in [-0.2, 0) is 4.79 Å². The quantitative estimate of drug-likeness (QED) is 0.378. The maximum absolute atomic E-state index is 12.6. The van der Waals surface area contributed by atoms with E-state index >= 15 is 0 Å². The normalized spacial score (nSPS) is 15.1. The summed E-state index contributed by atoms with van der Waals surface area (Å²) in [5.74, 6) is 1.62. The van der Waals surface area contributed by atoms with Crippen LogP contribution in [0.2, 0.25) is 0 Å². The van der Waals surface area contributed by atoms with Crippen LogP contribution in [-0.4, -0.2) is 26.8 Å². The summed E-state index contributed by atoms with van der Waals surface area (Å²) < 4.78 is 11.8. The number of amides is 1. The van der Waals surface area contributed by atoms with Crippen molar-refractivity contribution in [2.24, 2.45) is 0 Å². The number of aromatic nitrogens is 3. The number of furan rings is 1. The molecular formula is C22H24N4O3S. The first-order valence-corrected chi connectivity index (χ1v) is 11.1. The van der Waals surface area contributed by atoms with Crippen molar-refractivity contribution < 1.29 is 13.9 Å². The Hall–Kier alpha value is -2.87. The summed E-state index contributed by atoms with van der Waals surface area (Å²) in [6.45, 7) is 3.70. The summed E-state index contributed by atoms with van der Waals surface area (Å²) in [6, 6.07) is 11.1. The van der Waals surface area contributed by atoms with Crippen LogP contribution < -0.4 is 9.64 Å². The molecule has 0 spiro atoms. The highest BCUT2D eigenvalue weighted by atomic mass is 32.2. The molecule has 156 valence electrons. The van der Waals surface area contributed by atoms with Crippen molar-refractivity contribution >= 4 is 23.4 Å². The molecule has 2 aromatic heterocycles. The lowest BCUT2D eigenvalue weighted by Crippen LogP contribution is -2.35. The zero-order valence-corrected chi connectivity index (χ0v) is 17.9. The van der Waals surface area contributed by atoms with Crippen LogP contribution in [0.5, 0.6) is 5.88 Å². The maximum atomic E-state index is 12.6. The number of rotatable bonds is 7. The molecule has 1 aromatic carbocycles. The minimum Gasteiger partial charge on any atom is -0.463 e. The second-order valence-corrected chi connectivity index (χ2v) is 8.11. The fourth-order valence-corrected chi connectivity index (χ4v) is 4.20. The van der Waals surface area contributed by atoms with Gasteiger partial charge in [0.2, 0.25) is 23.2 Å². The van der Waals surface area contributed by atoms with Gasteiger partial charge in [-0.1, -0.05) is 56.1 Å². The number of thioether (sulfide) groups is 1. The van der Waals surface area contributed by atoms with Gasteiger partial charge in [0.15, 0.2) is 11.5 Å². The first kappa shape index (κ1) is 20.4. The second-order valence-electron chi connectivity index (χ2n) is 7.05. The summed E-state index contributed by atoms with van der Waals surface area (Å²) in [5, 5.41) is 9.29. The molecule has 3 aromatic rings. The molecule has 7 nitrogen and oxygen atoms in total. The smallest absolute Gasteiger partial charge is 0.247 e. The van der Waals surface area contributed by atoms with Crippen LogP contribution in [0.25, 0.3) is 11.3 Å². The topological polar surface area (TPSA) is 81.3 Å². The highest BCUT2D eigenvalue weighted by molar-refractivity contribution is 7.99. The highest BCUT2D eigenvalue weighted by Gasteiger charge is 2.35. The molecule has 1 aliphatic rings. The third-order valence-corrected chi connectivity index (χ3v) is 5.79. The molecule has 1 amide bonds. The highest BCUT2D eigenvalue weighted by Crippen LogP contribution is 2.43. The van der Waals surface area contributed by atoms with Gasteiger partial charge in [-0.2, -0.15) is 4.98 Å². The third kappa shape index (κ3) is 4.18. The number of ether oxygens (including phenoxy) is 1. The van der Waals surface area contributed by atoms with Crippen molar-refractivity contribution in [2.45, 2.75) is 50.9 Å². The fraction of sp³-hybridized carbons (Fsp3) is 0.364. The molecule has 0 fully saturated rings. The number of nitrogens with zero attached hydrogens (tertiary/aromatic N) is 4. The van der Waals surface area contributed by atoms with Gasteiger partial charge in [0.05, 0.1) is 12.0 Å². The van der Waals surface area contributed by atoms with E-state index in [9.17, 15) is 4.79 Å². The number of para-hydroxylation sites is 1. The van der Waals surface area contributed by atoms with Crippen LogP contribution in [0.1, 0.15) is 51.5 Å². The van der Waals surface area contributed by atoms with E-state index < -0.39 is 6.23 Å². The van der Waals surface area contributed by atoms with E-state index in [0.717, 1.165) is 17.7 Å². The molecule has 1 unspecified atom stereocenters. The summed E-state index contributed by atoms with van der Waals surface area (Å²) in [4.78, 5) is 18.8. The van der Waals surface area contributed by atoms with Gasteiger partial charge in [-0.3, -0.25) is 9.69 Å². The SMILES string of the molecule is CCCCCCSc1nnc2c(n1)OC(c1ccco1)N(C(C)=O)c1ccccc1-2. The summed E-state index contributed by atoms with van der Waals surface area (Å²) in [6.07, 6.45) is 5.52. The fourth-order valence-electron chi connectivity index (χ4n) is 3.42. The van der Waals surface area contributed by atoms with Crippen LogP contribution in [0, 0.1) is 0 Å². The molecule has 30 heavy (non-hydrogen) atoms. The van der Waals surface area contributed by atoms with Gasteiger partial charge in [0, 0.05) is 18.2 Å². The van der Waals surface area contributed by atoms with Gasteiger partial charge in [0.1, 0.15) is 0 Å².